The van der Waals surface area contributed by atoms with Gasteiger partial charge in [0.1, 0.15) is 5.15 Å². The number of hydrogen-bond donors (Lipinski definition) is 2. The van der Waals surface area contributed by atoms with E-state index in [2.05, 4.69) is 50.4 Å². The number of thiophene rings is 2. The molecule has 3 aromatic heterocycles. The number of aromatic nitrogens is 1. The number of rotatable bonds is 4. The zero-order chi connectivity index (χ0) is 16.7. The molecule has 1 fully saturated rings. The summed E-state index contributed by atoms with van der Waals surface area (Å²) in [5.74, 6) is 0.458. The van der Waals surface area contributed by atoms with Crippen molar-refractivity contribution in [1.29, 1.82) is 0 Å². The summed E-state index contributed by atoms with van der Waals surface area (Å²) in [6, 6.07) is 6.41. The molecular weight excluding hydrogens is 473 g/mol. The number of halogens is 2. The van der Waals surface area contributed by atoms with Crippen molar-refractivity contribution >= 4 is 72.8 Å². The lowest BCUT2D eigenvalue weighted by Crippen LogP contribution is -2.22. The summed E-state index contributed by atoms with van der Waals surface area (Å²) in [5, 5.41) is 6.17. The SMILES string of the molecule is N[C@H]1CCC[C@@H]1c1sc2c(NCc3cccs3)cc(Cl)nc2c1I. The van der Waals surface area contributed by atoms with Gasteiger partial charge in [-0.1, -0.05) is 24.1 Å². The van der Waals surface area contributed by atoms with Crippen LogP contribution in [0.15, 0.2) is 23.6 Å². The first-order valence-corrected chi connectivity index (χ1v) is 11.1. The largest absolute Gasteiger partial charge is 0.379 e. The molecule has 3 N–H and O–H groups in total. The van der Waals surface area contributed by atoms with E-state index in [9.17, 15) is 0 Å². The van der Waals surface area contributed by atoms with Gasteiger partial charge in [-0.3, -0.25) is 0 Å². The van der Waals surface area contributed by atoms with E-state index >= 15 is 0 Å². The van der Waals surface area contributed by atoms with Gasteiger partial charge in [0.2, 0.25) is 0 Å². The van der Waals surface area contributed by atoms with Crippen molar-refractivity contribution in [3.63, 3.8) is 0 Å². The molecule has 3 nitrogen and oxygen atoms in total. The van der Waals surface area contributed by atoms with Gasteiger partial charge < -0.3 is 11.1 Å². The van der Waals surface area contributed by atoms with Crippen LogP contribution < -0.4 is 11.1 Å². The topological polar surface area (TPSA) is 50.9 Å². The highest BCUT2D eigenvalue weighted by Crippen LogP contribution is 2.45. The molecule has 126 valence electrons. The molecule has 1 aliphatic carbocycles. The molecule has 0 amide bonds. The second-order valence-corrected chi connectivity index (χ2v) is 9.64. The summed E-state index contributed by atoms with van der Waals surface area (Å²) >= 11 is 12.3. The van der Waals surface area contributed by atoms with Crippen LogP contribution in [0, 0.1) is 3.57 Å². The fourth-order valence-corrected chi connectivity index (χ4v) is 6.78. The van der Waals surface area contributed by atoms with Crippen molar-refractivity contribution in [3.05, 3.63) is 42.1 Å². The van der Waals surface area contributed by atoms with E-state index in [0.717, 1.165) is 24.2 Å². The molecule has 7 heteroatoms. The van der Waals surface area contributed by atoms with Crippen molar-refractivity contribution in [2.75, 3.05) is 5.32 Å². The number of nitrogens with zero attached hydrogens (tertiary/aromatic N) is 1. The Kier molecular flexibility index (Phi) is 5.02. The molecule has 4 rings (SSSR count). The zero-order valence-electron chi connectivity index (χ0n) is 12.9. The second kappa shape index (κ2) is 7.07. The van der Waals surface area contributed by atoms with Gasteiger partial charge in [0.25, 0.3) is 0 Å². The van der Waals surface area contributed by atoms with Crippen LogP contribution in [-0.2, 0) is 6.54 Å². The fraction of sp³-hybridized carbons (Fsp3) is 0.353. The molecule has 3 aromatic rings. The number of nitrogens with one attached hydrogen (secondary N) is 1. The van der Waals surface area contributed by atoms with Crippen molar-refractivity contribution in [1.82, 2.24) is 4.98 Å². The lowest BCUT2D eigenvalue weighted by molar-refractivity contribution is 0.620. The summed E-state index contributed by atoms with van der Waals surface area (Å²) < 4.78 is 2.41. The first kappa shape index (κ1) is 17.0. The van der Waals surface area contributed by atoms with Crippen molar-refractivity contribution in [2.45, 2.75) is 37.8 Å². The molecule has 0 bridgehead atoms. The van der Waals surface area contributed by atoms with E-state index in [0.29, 0.717) is 11.1 Å². The average Bonchev–Trinajstić information content (AvgIpc) is 3.27. The van der Waals surface area contributed by atoms with E-state index in [4.69, 9.17) is 17.3 Å². The van der Waals surface area contributed by atoms with E-state index < -0.39 is 0 Å². The maximum absolute atomic E-state index is 6.34. The third-order valence-corrected chi connectivity index (χ3v) is 8.39. The number of pyridine rings is 1. The van der Waals surface area contributed by atoms with Crippen LogP contribution in [0.5, 0.6) is 0 Å². The molecule has 0 radical (unpaired) electrons. The number of anilines is 1. The van der Waals surface area contributed by atoms with Crippen LogP contribution in [-0.4, -0.2) is 11.0 Å². The molecule has 3 heterocycles. The smallest absolute Gasteiger partial charge is 0.131 e. The van der Waals surface area contributed by atoms with Crippen LogP contribution in [0.3, 0.4) is 0 Å². The standard InChI is InChI=1S/C17H17ClIN3S2/c18-13-7-12(21-8-9-3-2-6-23-9)17-15(22-13)14(19)16(24-17)10-4-1-5-11(10)20/h2-3,6-7,10-11H,1,4-5,8,20H2,(H,21,22)/t10-,11-/m0/s1. The average molecular weight is 490 g/mol. The van der Waals surface area contributed by atoms with E-state index in [1.165, 1.54) is 30.9 Å². The molecule has 0 spiro atoms. The van der Waals surface area contributed by atoms with Crippen molar-refractivity contribution < 1.29 is 0 Å². The quantitative estimate of drug-likeness (QED) is 0.358. The lowest BCUT2D eigenvalue weighted by atomic mass is 10.0. The third kappa shape index (κ3) is 3.19. The highest BCUT2D eigenvalue weighted by atomic mass is 127. The minimum absolute atomic E-state index is 0.268. The molecule has 24 heavy (non-hydrogen) atoms. The molecule has 2 atom stereocenters. The number of nitrogens with two attached hydrogens (primary N) is 1. The molecule has 1 saturated carbocycles. The monoisotopic (exact) mass is 489 g/mol. The molecule has 0 aromatic carbocycles. The van der Waals surface area contributed by atoms with Crippen LogP contribution >= 0.6 is 56.9 Å². The summed E-state index contributed by atoms with van der Waals surface area (Å²) in [6.07, 6.45) is 3.51. The highest BCUT2D eigenvalue weighted by molar-refractivity contribution is 14.1. The number of hydrogen-bond acceptors (Lipinski definition) is 5. The van der Waals surface area contributed by atoms with Gasteiger partial charge in [-0.05, 0) is 46.9 Å². The summed E-state index contributed by atoms with van der Waals surface area (Å²) in [4.78, 5) is 7.27. The Balaban J connectivity index is 1.73. The molecule has 0 aliphatic heterocycles. The first-order chi connectivity index (χ1) is 11.6. The molecule has 1 aliphatic rings. The Morgan fingerprint density at radius 3 is 3.00 bits per heavy atom. The van der Waals surface area contributed by atoms with Gasteiger partial charge >= 0.3 is 0 Å². The summed E-state index contributed by atoms with van der Waals surface area (Å²) in [5.41, 5.74) is 8.41. The number of fused-ring (bicyclic) bond motifs is 1. The maximum Gasteiger partial charge on any atom is 0.131 e. The van der Waals surface area contributed by atoms with Gasteiger partial charge in [-0.2, -0.15) is 0 Å². The Hall–Kier alpha value is -0.410. The van der Waals surface area contributed by atoms with Crippen molar-refractivity contribution in [3.8, 4) is 0 Å². The minimum Gasteiger partial charge on any atom is -0.379 e. The first-order valence-electron chi connectivity index (χ1n) is 7.93. The van der Waals surface area contributed by atoms with Crippen LogP contribution in [0.25, 0.3) is 10.2 Å². The van der Waals surface area contributed by atoms with E-state index in [1.807, 2.05) is 17.4 Å². The molecule has 0 saturated heterocycles. The Bertz CT molecular complexity index is 862. The van der Waals surface area contributed by atoms with E-state index in [1.54, 1.807) is 11.3 Å². The highest BCUT2D eigenvalue weighted by Gasteiger charge is 2.30. The van der Waals surface area contributed by atoms with Gasteiger partial charge in [0, 0.05) is 34.3 Å². The zero-order valence-corrected chi connectivity index (χ0v) is 17.4. The Labute approximate surface area is 167 Å². The van der Waals surface area contributed by atoms with Gasteiger partial charge in [0.15, 0.2) is 0 Å². The minimum atomic E-state index is 0.268. The summed E-state index contributed by atoms with van der Waals surface area (Å²) in [7, 11) is 0. The summed E-state index contributed by atoms with van der Waals surface area (Å²) in [6.45, 7) is 0.805. The van der Waals surface area contributed by atoms with Crippen LogP contribution in [0.1, 0.15) is 34.9 Å². The molecule has 0 unspecified atom stereocenters. The van der Waals surface area contributed by atoms with Crippen LogP contribution in [0.2, 0.25) is 5.15 Å². The second-order valence-electron chi connectivity index (χ2n) is 6.08. The van der Waals surface area contributed by atoms with Gasteiger partial charge in [-0.25, -0.2) is 4.98 Å². The molecular formula is C17H17ClIN3S2. The lowest BCUT2D eigenvalue weighted by Gasteiger charge is -2.13. The van der Waals surface area contributed by atoms with Crippen molar-refractivity contribution in [2.24, 2.45) is 5.73 Å². The maximum atomic E-state index is 6.34. The Morgan fingerprint density at radius 1 is 1.42 bits per heavy atom. The van der Waals surface area contributed by atoms with Gasteiger partial charge in [0.05, 0.1) is 19.5 Å². The predicted octanol–water partition coefficient (Wildman–Crippen LogP) is 5.82. The Morgan fingerprint density at radius 2 is 2.29 bits per heavy atom. The van der Waals surface area contributed by atoms with E-state index in [-0.39, 0.29) is 6.04 Å². The van der Waals surface area contributed by atoms with Gasteiger partial charge in [-0.15, -0.1) is 22.7 Å². The fourth-order valence-electron chi connectivity index (χ4n) is 3.31. The normalized spacial score (nSPS) is 20.8. The third-order valence-electron chi connectivity index (χ3n) is 4.52. The predicted molar refractivity (Wildman–Crippen MR) is 114 cm³/mol. The van der Waals surface area contributed by atoms with Crippen LogP contribution in [0.4, 0.5) is 5.69 Å².